The van der Waals surface area contributed by atoms with Crippen LogP contribution in [0.15, 0.2) is 34.9 Å². The minimum atomic E-state index is -0.488. The average molecular weight is 340 g/mol. The largest absolute Gasteiger partial charge is 0.497 e. The van der Waals surface area contributed by atoms with E-state index in [0.717, 1.165) is 42.7 Å². The third kappa shape index (κ3) is 3.15. The van der Waals surface area contributed by atoms with Gasteiger partial charge in [-0.1, -0.05) is 36.6 Å². The number of carbonyl (C=O) groups excluding carboxylic acids is 1. The number of hydrogen-bond donors (Lipinski definition) is 1. The Morgan fingerprint density at radius 1 is 1.24 bits per heavy atom. The molecule has 0 radical (unpaired) electrons. The van der Waals surface area contributed by atoms with E-state index in [-0.39, 0.29) is 5.91 Å². The summed E-state index contributed by atoms with van der Waals surface area (Å²) in [6.07, 6.45) is 7.57. The Hall–Kier alpha value is -2.30. The third-order valence-electron chi connectivity index (χ3n) is 5.48. The molecule has 5 heteroatoms. The summed E-state index contributed by atoms with van der Waals surface area (Å²) in [6, 6.07) is 9.89. The Balaban J connectivity index is 1.51. The number of carbonyl (C=O) groups is 1. The Kier molecular flexibility index (Phi) is 4.24. The lowest BCUT2D eigenvalue weighted by molar-refractivity contribution is -0.124. The molecule has 132 valence electrons. The lowest BCUT2D eigenvalue weighted by atomic mass is 9.93. The van der Waals surface area contributed by atoms with E-state index in [4.69, 9.17) is 9.26 Å². The number of benzene rings is 1. The monoisotopic (exact) mass is 340 g/mol. The predicted molar refractivity (Wildman–Crippen MR) is 94.4 cm³/mol. The minimum absolute atomic E-state index is 0.116. The second kappa shape index (κ2) is 6.54. The van der Waals surface area contributed by atoms with Gasteiger partial charge in [0.1, 0.15) is 5.75 Å². The number of nitrogens with zero attached hydrogens (tertiary/aromatic N) is 1. The molecule has 0 unspecified atom stereocenters. The number of nitrogens with one attached hydrogen (secondary N) is 1. The van der Waals surface area contributed by atoms with Gasteiger partial charge in [-0.3, -0.25) is 4.79 Å². The predicted octanol–water partition coefficient (Wildman–Crippen LogP) is 3.83. The summed E-state index contributed by atoms with van der Waals surface area (Å²) in [5.41, 5.74) is 1.16. The van der Waals surface area contributed by atoms with Crippen LogP contribution < -0.4 is 10.1 Å². The molecular weight excluding hydrogens is 316 g/mol. The van der Waals surface area contributed by atoms with Crippen molar-refractivity contribution in [3.05, 3.63) is 36.0 Å². The molecule has 25 heavy (non-hydrogen) atoms. The molecule has 1 amide bonds. The van der Waals surface area contributed by atoms with Crippen LogP contribution in [-0.4, -0.2) is 24.2 Å². The summed E-state index contributed by atoms with van der Waals surface area (Å²) >= 11 is 0. The van der Waals surface area contributed by atoms with E-state index in [9.17, 15) is 4.79 Å². The molecule has 1 heterocycles. The number of ether oxygens (including phenoxy) is 1. The first-order valence-corrected chi connectivity index (χ1v) is 9.14. The van der Waals surface area contributed by atoms with Crippen molar-refractivity contribution in [2.24, 2.45) is 0 Å². The fraction of sp³-hybridized carbons (Fsp3) is 0.500. The van der Waals surface area contributed by atoms with Gasteiger partial charge in [-0.25, -0.2) is 0 Å². The van der Waals surface area contributed by atoms with E-state index in [1.165, 1.54) is 19.3 Å². The molecule has 0 bridgehead atoms. The molecule has 2 fully saturated rings. The first-order valence-electron chi connectivity index (χ1n) is 9.14. The van der Waals surface area contributed by atoms with Gasteiger partial charge in [-0.15, -0.1) is 0 Å². The molecule has 0 spiro atoms. The van der Waals surface area contributed by atoms with E-state index in [1.54, 1.807) is 7.11 Å². The smallest absolute Gasteiger partial charge is 0.232 e. The van der Waals surface area contributed by atoms with E-state index in [0.29, 0.717) is 11.8 Å². The Labute approximate surface area is 147 Å². The summed E-state index contributed by atoms with van der Waals surface area (Å²) in [5.74, 6) is 1.56. The van der Waals surface area contributed by atoms with Gasteiger partial charge < -0.3 is 14.6 Å². The van der Waals surface area contributed by atoms with Crippen LogP contribution in [-0.2, 0) is 10.2 Å². The lowest BCUT2D eigenvalue weighted by Gasteiger charge is -2.24. The SMILES string of the molecule is COc1cccc(-c2cc(C3(C(=O)NC4CCCCC4)CC3)no2)c1. The zero-order valence-corrected chi connectivity index (χ0v) is 14.6. The first kappa shape index (κ1) is 16.2. The van der Waals surface area contributed by atoms with Crippen molar-refractivity contribution in [1.82, 2.24) is 10.5 Å². The van der Waals surface area contributed by atoms with Crippen molar-refractivity contribution >= 4 is 5.91 Å². The minimum Gasteiger partial charge on any atom is -0.497 e. The Bertz CT molecular complexity index is 758. The zero-order chi connectivity index (χ0) is 17.3. The van der Waals surface area contributed by atoms with Crippen LogP contribution in [0.25, 0.3) is 11.3 Å². The number of hydrogen-bond acceptors (Lipinski definition) is 4. The van der Waals surface area contributed by atoms with Crippen LogP contribution in [0.2, 0.25) is 0 Å². The van der Waals surface area contributed by atoms with Crippen LogP contribution >= 0.6 is 0 Å². The summed E-state index contributed by atoms with van der Waals surface area (Å²) < 4.78 is 10.8. The number of amides is 1. The number of methoxy groups -OCH3 is 1. The van der Waals surface area contributed by atoms with Crippen molar-refractivity contribution in [2.75, 3.05) is 7.11 Å². The molecule has 2 aromatic rings. The summed E-state index contributed by atoms with van der Waals surface area (Å²) in [6.45, 7) is 0. The van der Waals surface area contributed by atoms with Gasteiger partial charge in [0.05, 0.1) is 18.2 Å². The normalized spacial score (nSPS) is 19.4. The van der Waals surface area contributed by atoms with Gasteiger partial charge in [0.25, 0.3) is 0 Å². The summed E-state index contributed by atoms with van der Waals surface area (Å²) in [5, 5.41) is 7.47. The molecule has 0 saturated heterocycles. The molecule has 1 aromatic heterocycles. The average Bonchev–Trinajstić information content (AvgIpc) is 3.32. The second-order valence-corrected chi connectivity index (χ2v) is 7.20. The quantitative estimate of drug-likeness (QED) is 0.898. The van der Waals surface area contributed by atoms with Gasteiger partial charge >= 0.3 is 0 Å². The summed E-state index contributed by atoms with van der Waals surface area (Å²) in [7, 11) is 1.64. The van der Waals surface area contributed by atoms with E-state index in [2.05, 4.69) is 10.5 Å². The molecule has 1 aromatic carbocycles. The van der Waals surface area contributed by atoms with Crippen molar-refractivity contribution in [3.8, 4) is 17.1 Å². The van der Waals surface area contributed by atoms with Gasteiger partial charge in [0, 0.05) is 17.7 Å². The molecule has 2 aliphatic carbocycles. The maximum atomic E-state index is 12.8. The fourth-order valence-electron chi connectivity index (χ4n) is 3.71. The fourth-order valence-corrected chi connectivity index (χ4v) is 3.71. The standard InChI is InChI=1S/C20H24N2O3/c1-24-16-9-5-6-14(12-16)17-13-18(22-25-17)20(10-11-20)19(23)21-15-7-3-2-4-8-15/h5-6,9,12-13,15H,2-4,7-8,10-11H2,1H3,(H,21,23). The van der Waals surface area contributed by atoms with Gasteiger partial charge in [-0.05, 0) is 37.8 Å². The van der Waals surface area contributed by atoms with Gasteiger partial charge in [-0.2, -0.15) is 0 Å². The molecule has 2 aliphatic rings. The van der Waals surface area contributed by atoms with Crippen molar-refractivity contribution in [2.45, 2.75) is 56.4 Å². The van der Waals surface area contributed by atoms with Crippen LogP contribution in [0.4, 0.5) is 0 Å². The molecule has 5 nitrogen and oxygen atoms in total. The number of aromatic nitrogens is 1. The highest BCUT2D eigenvalue weighted by molar-refractivity contribution is 5.91. The van der Waals surface area contributed by atoms with Crippen molar-refractivity contribution in [1.29, 1.82) is 0 Å². The molecule has 2 saturated carbocycles. The van der Waals surface area contributed by atoms with Crippen LogP contribution in [0.1, 0.15) is 50.6 Å². The Morgan fingerprint density at radius 3 is 2.76 bits per heavy atom. The molecule has 0 aliphatic heterocycles. The maximum absolute atomic E-state index is 12.8. The van der Waals surface area contributed by atoms with E-state index < -0.39 is 5.41 Å². The van der Waals surface area contributed by atoms with Crippen LogP contribution in [0, 0.1) is 0 Å². The summed E-state index contributed by atoms with van der Waals surface area (Å²) in [4.78, 5) is 12.8. The first-order chi connectivity index (χ1) is 12.2. The number of rotatable bonds is 5. The lowest BCUT2D eigenvalue weighted by Crippen LogP contribution is -2.42. The highest BCUT2D eigenvalue weighted by Crippen LogP contribution is 2.49. The molecule has 0 atom stereocenters. The van der Waals surface area contributed by atoms with Crippen molar-refractivity contribution in [3.63, 3.8) is 0 Å². The van der Waals surface area contributed by atoms with Crippen molar-refractivity contribution < 1.29 is 14.1 Å². The molecular formula is C20H24N2O3. The van der Waals surface area contributed by atoms with E-state index >= 15 is 0 Å². The topological polar surface area (TPSA) is 64.4 Å². The van der Waals surface area contributed by atoms with Gasteiger partial charge in [0.2, 0.25) is 5.91 Å². The molecule has 1 N–H and O–H groups in total. The van der Waals surface area contributed by atoms with E-state index in [1.807, 2.05) is 30.3 Å². The molecule has 4 rings (SSSR count). The zero-order valence-electron chi connectivity index (χ0n) is 14.6. The highest BCUT2D eigenvalue weighted by Gasteiger charge is 2.54. The van der Waals surface area contributed by atoms with Crippen LogP contribution in [0.3, 0.4) is 0 Å². The van der Waals surface area contributed by atoms with Gasteiger partial charge in [0.15, 0.2) is 5.76 Å². The Morgan fingerprint density at radius 2 is 2.04 bits per heavy atom. The maximum Gasteiger partial charge on any atom is 0.232 e. The van der Waals surface area contributed by atoms with Crippen LogP contribution in [0.5, 0.6) is 5.75 Å². The second-order valence-electron chi connectivity index (χ2n) is 7.20. The highest BCUT2D eigenvalue weighted by atomic mass is 16.5. The third-order valence-corrected chi connectivity index (χ3v) is 5.48.